The molecule has 25 heavy (non-hydrogen) atoms. The number of carbonyl (C=O) groups is 2. The number of likely N-dealkylation sites (tertiary alicyclic amines) is 1. The fourth-order valence-electron chi connectivity index (χ4n) is 2.68. The van der Waals surface area contributed by atoms with Crippen molar-refractivity contribution in [3.63, 3.8) is 0 Å². The molecule has 0 spiro atoms. The summed E-state index contributed by atoms with van der Waals surface area (Å²) in [6, 6.07) is 11.4. The molecule has 0 unspecified atom stereocenters. The van der Waals surface area contributed by atoms with E-state index in [0.29, 0.717) is 36.8 Å². The summed E-state index contributed by atoms with van der Waals surface area (Å²) in [6.07, 6.45) is 2.82. The molecule has 1 saturated heterocycles. The molecule has 2 heterocycles. The average Bonchev–Trinajstić information content (AvgIpc) is 3.12. The minimum absolute atomic E-state index is 0.190. The standard InChI is InChI=1S/C18H18N2O5/c21-17(20-11-3-4-15(20)18(22)23)12-24-13-6-8-14(9-7-13)25-16-5-1-2-10-19-16/h1-2,5-10,15H,3-4,11-12H2,(H,22,23)/t15-/m0/s1. The number of carbonyl (C=O) groups excluding carboxylic acids is 1. The third-order valence-corrected chi connectivity index (χ3v) is 3.90. The van der Waals surface area contributed by atoms with Crippen molar-refractivity contribution in [2.75, 3.05) is 13.2 Å². The quantitative estimate of drug-likeness (QED) is 0.867. The van der Waals surface area contributed by atoms with E-state index in [1.54, 1.807) is 42.6 Å². The molecule has 3 rings (SSSR count). The number of carboxylic acids is 1. The van der Waals surface area contributed by atoms with E-state index in [-0.39, 0.29) is 12.5 Å². The first kappa shape index (κ1) is 16.8. The predicted octanol–water partition coefficient (Wildman–Crippen LogP) is 2.33. The molecule has 1 aliphatic rings. The Bertz CT molecular complexity index is 733. The van der Waals surface area contributed by atoms with Crippen molar-refractivity contribution < 1.29 is 24.2 Å². The average molecular weight is 342 g/mol. The highest BCUT2D eigenvalue weighted by molar-refractivity contribution is 5.85. The first-order chi connectivity index (χ1) is 12.1. The van der Waals surface area contributed by atoms with E-state index in [4.69, 9.17) is 14.6 Å². The maximum atomic E-state index is 12.1. The van der Waals surface area contributed by atoms with Crippen LogP contribution < -0.4 is 9.47 Å². The lowest BCUT2D eigenvalue weighted by molar-refractivity contribution is -0.148. The van der Waals surface area contributed by atoms with Crippen LogP contribution in [0.15, 0.2) is 48.7 Å². The van der Waals surface area contributed by atoms with E-state index in [1.807, 2.05) is 6.07 Å². The molecule has 1 amide bonds. The fourth-order valence-corrected chi connectivity index (χ4v) is 2.68. The molecule has 1 fully saturated rings. The number of carboxylic acid groups (broad SMARTS) is 1. The van der Waals surface area contributed by atoms with Crippen LogP contribution in [0.2, 0.25) is 0 Å². The molecule has 1 N–H and O–H groups in total. The van der Waals surface area contributed by atoms with Crippen LogP contribution in [0.5, 0.6) is 17.4 Å². The Morgan fingerprint density at radius 2 is 1.92 bits per heavy atom. The summed E-state index contributed by atoms with van der Waals surface area (Å²) < 4.78 is 11.0. The molecule has 1 atom stereocenters. The van der Waals surface area contributed by atoms with Crippen LogP contribution in [0.3, 0.4) is 0 Å². The molecule has 7 heteroatoms. The Hall–Kier alpha value is -3.09. The van der Waals surface area contributed by atoms with Crippen LogP contribution in [-0.4, -0.2) is 46.1 Å². The molecular formula is C18H18N2O5. The molecule has 0 radical (unpaired) electrons. The highest BCUT2D eigenvalue weighted by Crippen LogP contribution is 2.23. The monoisotopic (exact) mass is 342 g/mol. The predicted molar refractivity (Wildman–Crippen MR) is 88.6 cm³/mol. The summed E-state index contributed by atoms with van der Waals surface area (Å²) in [5, 5.41) is 9.12. The largest absolute Gasteiger partial charge is 0.484 e. The Kier molecular flexibility index (Phi) is 5.13. The number of ether oxygens (including phenoxy) is 2. The lowest BCUT2D eigenvalue weighted by Gasteiger charge is -2.21. The van der Waals surface area contributed by atoms with Crippen molar-refractivity contribution in [2.24, 2.45) is 0 Å². The topological polar surface area (TPSA) is 89.0 Å². The number of hydrogen-bond acceptors (Lipinski definition) is 5. The lowest BCUT2D eigenvalue weighted by atomic mass is 10.2. The summed E-state index contributed by atoms with van der Waals surface area (Å²) in [7, 11) is 0. The van der Waals surface area contributed by atoms with E-state index in [9.17, 15) is 9.59 Å². The smallest absolute Gasteiger partial charge is 0.326 e. The van der Waals surface area contributed by atoms with Gasteiger partial charge in [0.25, 0.3) is 5.91 Å². The Morgan fingerprint density at radius 1 is 1.16 bits per heavy atom. The van der Waals surface area contributed by atoms with Crippen molar-refractivity contribution in [1.29, 1.82) is 0 Å². The normalized spacial score (nSPS) is 16.5. The molecule has 2 aromatic rings. The van der Waals surface area contributed by atoms with Gasteiger partial charge in [0.2, 0.25) is 5.88 Å². The minimum atomic E-state index is -0.970. The third kappa shape index (κ3) is 4.26. The first-order valence-electron chi connectivity index (χ1n) is 7.97. The van der Waals surface area contributed by atoms with E-state index >= 15 is 0 Å². The highest BCUT2D eigenvalue weighted by atomic mass is 16.5. The van der Waals surface area contributed by atoms with Crippen LogP contribution >= 0.6 is 0 Å². The number of benzene rings is 1. The zero-order valence-electron chi connectivity index (χ0n) is 13.5. The van der Waals surface area contributed by atoms with Crippen LogP contribution in [-0.2, 0) is 9.59 Å². The minimum Gasteiger partial charge on any atom is -0.484 e. The first-order valence-corrected chi connectivity index (χ1v) is 7.97. The van der Waals surface area contributed by atoms with Gasteiger partial charge in [-0.15, -0.1) is 0 Å². The van der Waals surface area contributed by atoms with E-state index in [2.05, 4.69) is 4.98 Å². The molecule has 0 aliphatic carbocycles. The third-order valence-electron chi connectivity index (χ3n) is 3.90. The van der Waals surface area contributed by atoms with Gasteiger partial charge in [0.05, 0.1) is 0 Å². The van der Waals surface area contributed by atoms with Crippen molar-refractivity contribution in [3.05, 3.63) is 48.7 Å². The molecule has 0 bridgehead atoms. The Labute approximate surface area is 144 Å². The van der Waals surface area contributed by atoms with E-state index in [1.165, 1.54) is 4.90 Å². The number of aliphatic carboxylic acids is 1. The fraction of sp³-hybridized carbons (Fsp3) is 0.278. The zero-order valence-corrected chi connectivity index (χ0v) is 13.5. The van der Waals surface area contributed by atoms with Crippen LogP contribution in [0.1, 0.15) is 12.8 Å². The van der Waals surface area contributed by atoms with Crippen LogP contribution in [0.25, 0.3) is 0 Å². The second-order valence-electron chi connectivity index (χ2n) is 5.61. The van der Waals surface area contributed by atoms with Gasteiger partial charge >= 0.3 is 5.97 Å². The maximum Gasteiger partial charge on any atom is 0.326 e. The Balaban J connectivity index is 1.53. The summed E-state index contributed by atoms with van der Waals surface area (Å²) in [5.74, 6) is 0.302. The molecule has 7 nitrogen and oxygen atoms in total. The Morgan fingerprint density at radius 3 is 2.60 bits per heavy atom. The van der Waals surface area contributed by atoms with Crippen molar-refractivity contribution in [2.45, 2.75) is 18.9 Å². The second kappa shape index (κ2) is 7.65. The van der Waals surface area contributed by atoms with E-state index in [0.717, 1.165) is 0 Å². The molecular weight excluding hydrogens is 324 g/mol. The van der Waals surface area contributed by atoms with Crippen molar-refractivity contribution in [3.8, 4) is 17.4 Å². The summed E-state index contributed by atoms with van der Waals surface area (Å²) in [4.78, 5) is 28.7. The molecule has 0 saturated carbocycles. The second-order valence-corrected chi connectivity index (χ2v) is 5.61. The molecule has 130 valence electrons. The van der Waals surface area contributed by atoms with Gasteiger partial charge in [0.15, 0.2) is 6.61 Å². The van der Waals surface area contributed by atoms with Gasteiger partial charge in [-0.3, -0.25) is 4.79 Å². The molecule has 1 aromatic heterocycles. The summed E-state index contributed by atoms with van der Waals surface area (Å²) in [5.41, 5.74) is 0. The zero-order chi connectivity index (χ0) is 17.6. The van der Waals surface area contributed by atoms with Crippen LogP contribution in [0, 0.1) is 0 Å². The van der Waals surface area contributed by atoms with Gasteiger partial charge in [0, 0.05) is 18.8 Å². The van der Waals surface area contributed by atoms with Gasteiger partial charge in [-0.05, 0) is 43.2 Å². The number of amides is 1. The maximum absolute atomic E-state index is 12.1. The van der Waals surface area contributed by atoms with Gasteiger partial charge in [-0.1, -0.05) is 6.07 Å². The summed E-state index contributed by atoms with van der Waals surface area (Å²) in [6.45, 7) is 0.264. The number of pyridine rings is 1. The van der Waals surface area contributed by atoms with Gasteiger partial charge in [0.1, 0.15) is 17.5 Å². The number of hydrogen-bond donors (Lipinski definition) is 1. The number of nitrogens with zero attached hydrogens (tertiary/aromatic N) is 2. The van der Waals surface area contributed by atoms with Crippen molar-refractivity contribution in [1.82, 2.24) is 9.88 Å². The highest BCUT2D eigenvalue weighted by Gasteiger charge is 2.33. The van der Waals surface area contributed by atoms with Gasteiger partial charge < -0.3 is 19.5 Å². The number of aromatic nitrogens is 1. The van der Waals surface area contributed by atoms with Crippen LogP contribution in [0.4, 0.5) is 0 Å². The van der Waals surface area contributed by atoms with E-state index < -0.39 is 12.0 Å². The van der Waals surface area contributed by atoms with Gasteiger partial charge in [-0.25, -0.2) is 9.78 Å². The molecule has 1 aromatic carbocycles. The SMILES string of the molecule is O=C(O)[C@@H]1CCCN1C(=O)COc1ccc(Oc2ccccn2)cc1. The van der Waals surface area contributed by atoms with Crippen molar-refractivity contribution >= 4 is 11.9 Å². The summed E-state index contributed by atoms with van der Waals surface area (Å²) >= 11 is 0. The molecule has 1 aliphatic heterocycles. The number of rotatable bonds is 6. The van der Waals surface area contributed by atoms with Gasteiger partial charge in [-0.2, -0.15) is 0 Å². The lowest BCUT2D eigenvalue weighted by Crippen LogP contribution is -2.42.